The molecule has 0 aliphatic carbocycles. The molecular weight excluding hydrogens is 273 g/mol. The van der Waals surface area contributed by atoms with Crippen molar-refractivity contribution in [2.45, 2.75) is 13.0 Å². The molecule has 7 heteroatoms. The second-order valence-electron chi connectivity index (χ2n) is 4.56. The summed E-state index contributed by atoms with van der Waals surface area (Å²) in [5, 5.41) is 6.70. The Morgan fingerprint density at radius 1 is 1.33 bits per heavy atom. The van der Waals surface area contributed by atoms with Gasteiger partial charge in [0.25, 0.3) is 5.91 Å². The van der Waals surface area contributed by atoms with Gasteiger partial charge in [0.1, 0.15) is 6.33 Å². The number of fused-ring (bicyclic) bond motifs is 1. The van der Waals surface area contributed by atoms with Crippen LogP contribution in [0.2, 0.25) is 0 Å². The Labute approximate surface area is 119 Å². The lowest BCUT2D eigenvalue weighted by Crippen LogP contribution is -2.27. The minimum absolute atomic E-state index is 0.317. The fourth-order valence-corrected chi connectivity index (χ4v) is 2.03. The van der Waals surface area contributed by atoms with Crippen molar-refractivity contribution in [1.82, 2.24) is 24.9 Å². The highest BCUT2D eigenvalue weighted by Crippen LogP contribution is 2.15. The van der Waals surface area contributed by atoms with Gasteiger partial charge in [-0.15, -0.1) is 0 Å². The third kappa shape index (κ3) is 2.58. The maximum Gasteiger partial charge on any atom is 0.253 e. The van der Waals surface area contributed by atoms with Gasteiger partial charge in [-0.05, 0) is 25.1 Å². The van der Waals surface area contributed by atoms with E-state index in [1.165, 1.54) is 17.0 Å². The standard InChI is InChI=1S/C14H12FN5O/c1-9(11-3-2-6-16-13(11)15)19-14(21)10-4-5-12-17-8-18-20(12)7-10/h2-9H,1H3,(H,19,21). The van der Waals surface area contributed by atoms with Crippen LogP contribution >= 0.6 is 0 Å². The highest BCUT2D eigenvalue weighted by atomic mass is 19.1. The fourth-order valence-electron chi connectivity index (χ4n) is 2.03. The molecule has 21 heavy (non-hydrogen) atoms. The number of halogens is 1. The molecular formula is C14H12FN5O. The molecule has 0 aliphatic rings. The zero-order valence-corrected chi connectivity index (χ0v) is 11.2. The van der Waals surface area contributed by atoms with Gasteiger partial charge < -0.3 is 5.32 Å². The predicted molar refractivity (Wildman–Crippen MR) is 73.1 cm³/mol. The summed E-state index contributed by atoms with van der Waals surface area (Å²) in [6, 6.07) is 6.07. The van der Waals surface area contributed by atoms with E-state index in [9.17, 15) is 9.18 Å². The van der Waals surface area contributed by atoms with E-state index in [-0.39, 0.29) is 5.91 Å². The highest BCUT2D eigenvalue weighted by Gasteiger charge is 2.15. The molecule has 3 aromatic heterocycles. The van der Waals surface area contributed by atoms with Gasteiger partial charge in [0.05, 0.1) is 11.6 Å². The van der Waals surface area contributed by atoms with Crippen molar-refractivity contribution in [2.75, 3.05) is 0 Å². The number of hydrogen-bond donors (Lipinski definition) is 1. The second kappa shape index (κ2) is 5.28. The summed E-state index contributed by atoms with van der Waals surface area (Å²) in [7, 11) is 0. The van der Waals surface area contributed by atoms with Crippen molar-refractivity contribution in [3.63, 3.8) is 0 Å². The number of nitrogens with zero attached hydrogens (tertiary/aromatic N) is 4. The van der Waals surface area contributed by atoms with E-state index in [1.807, 2.05) is 0 Å². The largest absolute Gasteiger partial charge is 0.345 e. The summed E-state index contributed by atoms with van der Waals surface area (Å²) in [6.45, 7) is 1.70. The molecule has 1 amide bonds. The van der Waals surface area contributed by atoms with Gasteiger partial charge in [0, 0.05) is 18.0 Å². The van der Waals surface area contributed by atoms with Crippen LogP contribution in [-0.2, 0) is 0 Å². The summed E-state index contributed by atoms with van der Waals surface area (Å²) >= 11 is 0. The van der Waals surface area contributed by atoms with Gasteiger partial charge in [-0.1, -0.05) is 6.07 Å². The number of pyridine rings is 2. The Balaban J connectivity index is 1.81. The van der Waals surface area contributed by atoms with Crippen molar-refractivity contribution in [2.24, 2.45) is 0 Å². The molecule has 0 radical (unpaired) electrons. The van der Waals surface area contributed by atoms with Crippen LogP contribution < -0.4 is 5.32 Å². The Kier molecular flexibility index (Phi) is 3.31. The molecule has 3 rings (SSSR count). The average molecular weight is 285 g/mol. The molecule has 1 unspecified atom stereocenters. The maximum atomic E-state index is 13.6. The number of nitrogens with one attached hydrogen (secondary N) is 1. The third-order valence-electron chi connectivity index (χ3n) is 3.14. The summed E-state index contributed by atoms with van der Waals surface area (Å²) < 4.78 is 15.1. The lowest BCUT2D eigenvalue weighted by molar-refractivity contribution is 0.0938. The van der Waals surface area contributed by atoms with Crippen LogP contribution in [0.4, 0.5) is 4.39 Å². The first-order valence-corrected chi connectivity index (χ1v) is 6.36. The van der Waals surface area contributed by atoms with Crippen LogP contribution in [0.25, 0.3) is 5.65 Å². The molecule has 0 saturated heterocycles. The van der Waals surface area contributed by atoms with E-state index in [4.69, 9.17) is 0 Å². The minimum Gasteiger partial charge on any atom is -0.345 e. The van der Waals surface area contributed by atoms with Gasteiger partial charge in [-0.3, -0.25) is 4.79 Å². The first kappa shape index (κ1) is 13.2. The molecule has 0 saturated carbocycles. The maximum absolute atomic E-state index is 13.6. The summed E-state index contributed by atoms with van der Waals surface area (Å²) in [4.78, 5) is 19.8. The molecule has 0 bridgehead atoms. The zero-order chi connectivity index (χ0) is 14.8. The zero-order valence-electron chi connectivity index (χ0n) is 11.2. The molecule has 1 atom stereocenters. The average Bonchev–Trinajstić information content (AvgIpc) is 2.94. The number of carbonyl (C=O) groups is 1. The molecule has 6 nitrogen and oxygen atoms in total. The Hall–Kier alpha value is -2.83. The summed E-state index contributed by atoms with van der Waals surface area (Å²) in [5.74, 6) is -0.903. The number of amides is 1. The van der Waals surface area contributed by atoms with Crippen LogP contribution in [0.1, 0.15) is 28.9 Å². The van der Waals surface area contributed by atoms with Gasteiger partial charge in [-0.25, -0.2) is 14.5 Å². The lowest BCUT2D eigenvalue weighted by Gasteiger charge is -2.14. The van der Waals surface area contributed by atoms with E-state index in [1.54, 1.807) is 37.4 Å². The Morgan fingerprint density at radius 2 is 2.19 bits per heavy atom. The smallest absolute Gasteiger partial charge is 0.253 e. The predicted octanol–water partition coefficient (Wildman–Crippen LogP) is 1.75. The lowest BCUT2D eigenvalue weighted by atomic mass is 10.1. The van der Waals surface area contributed by atoms with Crippen molar-refractivity contribution < 1.29 is 9.18 Å². The van der Waals surface area contributed by atoms with E-state index < -0.39 is 12.0 Å². The van der Waals surface area contributed by atoms with Crippen LogP contribution in [-0.4, -0.2) is 25.5 Å². The fraction of sp³-hybridized carbons (Fsp3) is 0.143. The SMILES string of the molecule is CC(NC(=O)c1ccc2ncnn2c1)c1cccnc1F. The third-order valence-corrected chi connectivity index (χ3v) is 3.14. The number of carbonyl (C=O) groups excluding carboxylic acids is 1. The van der Waals surface area contributed by atoms with E-state index in [0.717, 1.165) is 0 Å². The molecule has 0 fully saturated rings. The number of aromatic nitrogens is 4. The summed E-state index contributed by atoms with van der Waals surface area (Å²) in [5.41, 5.74) is 1.41. The molecule has 1 N–H and O–H groups in total. The minimum atomic E-state index is -0.586. The van der Waals surface area contributed by atoms with Crippen molar-refractivity contribution >= 4 is 11.6 Å². The second-order valence-corrected chi connectivity index (χ2v) is 4.56. The topological polar surface area (TPSA) is 72.2 Å². The Morgan fingerprint density at radius 3 is 3.00 bits per heavy atom. The van der Waals surface area contributed by atoms with Crippen LogP contribution in [0.3, 0.4) is 0 Å². The van der Waals surface area contributed by atoms with Gasteiger partial charge in [0.2, 0.25) is 5.95 Å². The van der Waals surface area contributed by atoms with E-state index in [2.05, 4.69) is 20.4 Å². The summed E-state index contributed by atoms with van der Waals surface area (Å²) in [6.07, 6.45) is 4.35. The van der Waals surface area contributed by atoms with Crippen molar-refractivity contribution in [3.8, 4) is 0 Å². The van der Waals surface area contributed by atoms with Gasteiger partial charge >= 0.3 is 0 Å². The van der Waals surface area contributed by atoms with Crippen LogP contribution in [0, 0.1) is 5.95 Å². The molecule has 0 aromatic carbocycles. The molecule has 0 aliphatic heterocycles. The number of hydrogen-bond acceptors (Lipinski definition) is 4. The van der Waals surface area contributed by atoms with Crippen LogP contribution in [0.5, 0.6) is 0 Å². The Bertz CT molecular complexity index is 801. The van der Waals surface area contributed by atoms with Crippen molar-refractivity contribution in [1.29, 1.82) is 0 Å². The quantitative estimate of drug-likeness (QED) is 0.744. The molecule has 3 heterocycles. The molecule has 0 spiro atoms. The monoisotopic (exact) mass is 285 g/mol. The first-order valence-electron chi connectivity index (χ1n) is 6.36. The van der Waals surface area contributed by atoms with Gasteiger partial charge in [-0.2, -0.15) is 9.49 Å². The highest BCUT2D eigenvalue weighted by molar-refractivity contribution is 5.94. The molecule has 106 valence electrons. The van der Waals surface area contributed by atoms with Crippen molar-refractivity contribution in [3.05, 3.63) is 60.1 Å². The normalized spacial score (nSPS) is 12.3. The molecule has 3 aromatic rings. The van der Waals surface area contributed by atoms with Gasteiger partial charge in [0.15, 0.2) is 5.65 Å². The van der Waals surface area contributed by atoms with E-state index >= 15 is 0 Å². The van der Waals surface area contributed by atoms with E-state index in [0.29, 0.717) is 16.8 Å². The van der Waals surface area contributed by atoms with Crippen LogP contribution in [0.15, 0.2) is 43.0 Å². The number of rotatable bonds is 3. The first-order chi connectivity index (χ1) is 10.1.